The van der Waals surface area contributed by atoms with Crippen LogP contribution in [0.2, 0.25) is 0 Å². The van der Waals surface area contributed by atoms with E-state index in [2.05, 4.69) is 12.2 Å². The Hall–Kier alpha value is -1.31. The van der Waals surface area contributed by atoms with Crippen LogP contribution in [0, 0.1) is 5.92 Å². The van der Waals surface area contributed by atoms with Gasteiger partial charge in [0.2, 0.25) is 5.91 Å². The minimum atomic E-state index is 0.174. The fourth-order valence-electron chi connectivity index (χ4n) is 3.15. The molecule has 2 heteroatoms. The molecule has 0 spiro atoms. The number of hydrogen-bond acceptors (Lipinski definition) is 1. The van der Waals surface area contributed by atoms with Crippen molar-refractivity contribution < 1.29 is 4.79 Å². The predicted octanol–water partition coefficient (Wildman–Crippen LogP) is 3.70. The molecule has 2 unspecified atom stereocenters. The normalized spacial score (nSPS) is 23.0. The molecule has 1 fully saturated rings. The molecule has 1 aromatic carbocycles. The van der Waals surface area contributed by atoms with Crippen molar-refractivity contribution in [3.8, 4) is 0 Å². The zero-order valence-corrected chi connectivity index (χ0v) is 11.9. The van der Waals surface area contributed by atoms with E-state index in [-0.39, 0.29) is 5.91 Å². The number of amides is 1. The second-order valence-electron chi connectivity index (χ2n) is 5.75. The van der Waals surface area contributed by atoms with Crippen molar-refractivity contribution in [2.75, 3.05) is 0 Å². The number of carbonyl (C=O) groups is 1. The van der Waals surface area contributed by atoms with Crippen molar-refractivity contribution in [3.05, 3.63) is 35.9 Å². The first-order valence-electron chi connectivity index (χ1n) is 7.61. The van der Waals surface area contributed by atoms with E-state index in [0.29, 0.717) is 12.5 Å². The lowest BCUT2D eigenvalue weighted by Gasteiger charge is -2.29. The molecule has 1 N–H and O–H groups in total. The van der Waals surface area contributed by atoms with E-state index >= 15 is 0 Å². The molecule has 2 nitrogen and oxygen atoms in total. The molecule has 0 aliphatic heterocycles. The number of nitrogens with one attached hydrogen (secondary N) is 1. The van der Waals surface area contributed by atoms with E-state index in [1.807, 2.05) is 30.3 Å². The van der Waals surface area contributed by atoms with Crippen LogP contribution in [0.1, 0.15) is 51.0 Å². The van der Waals surface area contributed by atoms with Gasteiger partial charge in [-0.15, -0.1) is 0 Å². The summed E-state index contributed by atoms with van der Waals surface area (Å²) < 4.78 is 0. The largest absolute Gasteiger partial charge is 0.353 e. The average molecular weight is 259 g/mol. The summed E-state index contributed by atoms with van der Waals surface area (Å²) in [5.41, 5.74) is 1.10. The molecular formula is C17H25NO. The second-order valence-corrected chi connectivity index (χ2v) is 5.75. The van der Waals surface area contributed by atoms with Gasteiger partial charge in [-0.1, -0.05) is 62.9 Å². The van der Waals surface area contributed by atoms with Crippen LogP contribution in [0.3, 0.4) is 0 Å². The molecule has 1 saturated carbocycles. The molecule has 1 aromatic rings. The SMILES string of the molecule is CCCC1CCCC(NC(=O)Cc2ccccc2)C1. The van der Waals surface area contributed by atoms with Gasteiger partial charge in [0.1, 0.15) is 0 Å². The first-order valence-corrected chi connectivity index (χ1v) is 7.61. The highest BCUT2D eigenvalue weighted by Crippen LogP contribution is 2.27. The lowest BCUT2D eigenvalue weighted by molar-refractivity contribution is -0.121. The van der Waals surface area contributed by atoms with Crippen LogP contribution in [0.15, 0.2) is 30.3 Å². The monoisotopic (exact) mass is 259 g/mol. The van der Waals surface area contributed by atoms with Crippen LogP contribution in [0.4, 0.5) is 0 Å². The number of benzene rings is 1. The Balaban J connectivity index is 1.78. The van der Waals surface area contributed by atoms with Crippen molar-refractivity contribution in [2.24, 2.45) is 5.92 Å². The van der Waals surface area contributed by atoms with Crippen LogP contribution in [-0.4, -0.2) is 11.9 Å². The Labute approximate surface area is 116 Å². The van der Waals surface area contributed by atoms with E-state index in [4.69, 9.17) is 0 Å². The molecule has 2 atom stereocenters. The molecule has 104 valence electrons. The van der Waals surface area contributed by atoms with E-state index in [9.17, 15) is 4.79 Å². The van der Waals surface area contributed by atoms with Gasteiger partial charge in [0, 0.05) is 6.04 Å². The van der Waals surface area contributed by atoms with E-state index in [1.165, 1.54) is 32.1 Å². The first-order chi connectivity index (χ1) is 9.28. The summed E-state index contributed by atoms with van der Waals surface area (Å²) in [6.07, 6.45) is 8.02. The minimum absolute atomic E-state index is 0.174. The Morgan fingerprint density at radius 1 is 1.26 bits per heavy atom. The van der Waals surface area contributed by atoms with Crippen LogP contribution >= 0.6 is 0 Å². The molecule has 0 bridgehead atoms. The first kappa shape index (κ1) is 14.1. The summed E-state index contributed by atoms with van der Waals surface area (Å²) in [5.74, 6) is 0.995. The third kappa shape index (κ3) is 4.70. The van der Waals surface area contributed by atoms with Gasteiger partial charge in [0.05, 0.1) is 6.42 Å². The van der Waals surface area contributed by atoms with Crippen molar-refractivity contribution in [1.29, 1.82) is 0 Å². The standard InChI is InChI=1S/C17H25NO/c1-2-7-14-10-6-11-16(12-14)18-17(19)13-15-8-4-3-5-9-15/h3-5,8-9,14,16H,2,6-7,10-13H2,1H3,(H,18,19). The van der Waals surface area contributed by atoms with Gasteiger partial charge >= 0.3 is 0 Å². The lowest BCUT2D eigenvalue weighted by Crippen LogP contribution is -2.39. The maximum atomic E-state index is 12.0. The number of rotatable bonds is 5. The summed E-state index contributed by atoms with van der Waals surface area (Å²) in [4.78, 5) is 12.0. The van der Waals surface area contributed by atoms with Crippen LogP contribution in [0.25, 0.3) is 0 Å². The zero-order valence-electron chi connectivity index (χ0n) is 11.9. The van der Waals surface area contributed by atoms with Gasteiger partial charge in [0.25, 0.3) is 0 Å². The lowest BCUT2D eigenvalue weighted by atomic mass is 9.83. The van der Waals surface area contributed by atoms with Crippen LogP contribution < -0.4 is 5.32 Å². The average Bonchev–Trinajstić information content (AvgIpc) is 2.40. The Morgan fingerprint density at radius 3 is 2.79 bits per heavy atom. The summed E-state index contributed by atoms with van der Waals surface area (Å²) in [5, 5.41) is 3.22. The highest BCUT2D eigenvalue weighted by Gasteiger charge is 2.22. The molecule has 0 heterocycles. The molecule has 1 aliphatic carbocycles. The maximum Gasteiger partial charge on any atom is 0.224 e. The predicted molar refractivity (Wildman–Crippen MR) is 78.9 cm³/mol. The molecule has 2 rings (SSSR count). The van der Waals surface area contributed by atoms with Crippen molar-refractivity contribution in [1.82, 2.24) is 5.32 Å². The maximum absolute atomic E-state index is 12.0. The summed E-state index contributed by atoms with van der Waals surface area (Å²) in [7, 11) is 0. The van der Waals surface area contributed by atoms with Crippen LogP contribution in [-0.2, 0) is 11.2 Å². The van der Waals surface area contributed by atoms with Gasteiger partial charge in [-0.3, -0.25) is 4.79 Å². The molecule has 19 heavy (non-hydrogen) atoms. The Bertz CT molecular complexity index is 386. The molecule has 0 saturated heterocycles. The van der Waals surface area contributed by atoms with Crippen molar-refractivity contribution in [3.63, 3.8) is 0 Å². The third-order valence-electron chi connectivity index (χ3n) is 4.05. The molecule has 0 aromatic heterocycles. The summed E-state index contributed by atoms with van der Waals surface area (Å²) in [6.45, 7) is 2.25. The van der Waals surface area contributed by atoms with Gasteiger partial charge in [-0.2, -0.15) is 0 Å². The summed E-state index contributed by atoms with van der Waals surface area (Å²) >= 11 is 0. The van der Waals surface area contributed by atoms with Crippen molar-refractivity contribution in [2.45, 2.75) is 57.9 Å². The number of hydrogen-bond donors (Lipinski definition) is 1. The number of carbonyl (C=O) groups excluding carboxylic acids is 1. The highest BCUT2D eigenvalue weighted by molar-refractivity contribution is 5.78. The molecular weight excluding hydrogens is 234 g/mol. The van der Waals surface area contributed by atoms with Crippen molar-refractivity contribution >= 4 is 5.91 Å². The van der Waals surface area contributed by atoms with Gasteiger partial charge in [0.15, 0.2) is 0 Å². The summed E-state index contributed by atoms with van der Waals surface area (Å²) in [6, 6.07) is 10.4. The van der Waals surface area contributed by atoms with E-state index in [0.717, 1.165) is 17.9 Å². The Morgan fingerprint density at radius 2 is 2.05 bits per heavy atom. The van der Waals surface area contributed by atoms with E-state index < -0.39 is 0 Å². The van der Waals surface area contributed by atoms with E-state index in [1.54, 1.807) is 0 Å². The zero-order chi connectivity index (χ0) is 13.5. The minimum Gasteiger partial charge on any atom is -0.353 e. The second kappa shape index (κ2) is 7.32. The highest BCUT2D eigenvalue weighted by atomic mass is 16.1. The van der Waals surface area contributed by atoms with Gasteiger partial charge < -0.3 is 5.32 Å². The Kier molecular flexibility index (Phi) is 5.44. The third-order valence-corrected chi connectivity index (χ3v) is 4.05. The molecule has 1 aliphatic rings. The van der Waals surface area contributed by atoms with Gasteiger partial charge in [-0.25, -0.2) is 0 Å². The fraction of sp³-hybridized carbons (Fsp3) is 0.588. The molecule has 0 radical (unpaired) electrons. The topological polar surface area (TPSA) is 29.1 Å². The fourth-order valence-corrected chi connectivity index (χ4v) is 3.15. The van der Waals surface area contributed by atoms with Gasteiger partial charge in [-0.05, 0) is 24.3 Å². The smallest absolute Gasteiger partial charge is 0.224 e. The van der Waals surface area contributed by atoms with Crippen LogP contribution in [0.5, 0.6) is 0 Å². The quantitative estimate of drug-likeness (QED) is 0.858. The molecule has 1 amide bonds.